The van der Waals surface area contributed by atoms with Crippen LogP contribution >= 0.6 is 0 Å². The van der Waals surface area contributed by atoms with E-state index < -0.39 is 0 Å². The van der Waals surface area contributed by atoms with Crippen molar-refractivity contribution < 1.29 is 14.1 Å². The minimum Gasteiger partial charge on any atom is -0.369 e. The van der Waals surface area contributed by atoms with Crippen molar-refractivity contribution in [1.29, 1.82) is 0 Å². The van der Waals surface area contributed by atoms with Gasteiger partial charge in [0.05, 0.1) is 6.42 Å². The third-order valence-electron chi connectivity index (χ3n) is 5.94. The summed E-state index contributed by atoms with van der Waals surface area (Å²) >= 11 is 0. The highest BCUT2D eigenvalue weighted by molar-refractivity contribution is 6.03. The van der Waals surface area contributed by atoms with Gasteiger partial charge in [-0.3, -0.25) is 14.6 Å². The summed E-state index contributed by atoms with van der Waals surface area (Å²) in [7, 11) is 2.11. The first-order valence-electron chi connectivity index (χ1n) is 11.7. The zero-order valence-electron chi connectivity index (χ0n) is 20.7. The van der Waals surface area contributed by atoms with Crippen LogP contribution in [0, 0.1) is 0 Å². The second-order valence-electron chi connectivity index (χ2n) is 9.89. The summed E-state index contributed by atoms with van der Waals surface area (Å²) in [5.41, 5.74) is 2.64. The van der Waals surface area contributed by atoms with Gasteiger partial charge in [0.15, 0.2) is 5.82 Å². The lowest BCUT2D eigenvalue weighted by Gasteiger charge is -2.34. The minimum absolute atomic E-state index is 0.181. The van der Waals surface area contributed by atoms with E-state index in [9.17, 15) is 9.59 Å². The maximum absolute atomic E-state index is 12.8. The maximum atomic E-state index is 12.8. The number of carbonyl (C=O) groups excluding carboxylic acids is 2. The predicted molar refractivity (Wildman–Crippen MR) is 136 cm³/mol. The molecule has 2 aromatic heterocycles. The number of rotatable bonds is 6. The summed E-state index contributed by atoms with van der Waals surface area (Å²) in [6.45, 7) is 9.87. The minimum atomic E-state index is -0.271. The topological polar surface area (TPSA) is 104 Å². The number of pyridine rings is 1. The molecule has 1 aromatic carbocycles. The normalized spacial score (nSPS) is 14.6. The highest BCUT2D eigenvalue weighted by Gasteiger charge is 2.20. The van der Waals surface area contributed by atoms with Crippen LogP contribution in [0.25, 0.3) is 0 Å². The van der Waals surface area contributed by atoms with Crippen LogP contribution in [-0.4, -0.2) is 60.1 Å². The standard InChI is InChI=1S/C26H32N6O3/c1-26(2,3)22-17-23(30-35-22)29-24(33)15-18-5-7-19(8-6-18)28-25(34)21-16-20(9-10-27-21)32-13-11-31(4)12-14-32/h5-10,16-17H,11-15H2,1-4H3,(H,28,34)(H,29,30,33). The molecule has 0 saturated carbocycles. The molecule has 2 N–H and O–H groups in total. The van der Waals surface area contributed by atoms with Gasteiger partial charge in [-0.1, -0.05) is 38.1 Å². The molecule has 3 heterocycles. The second kappa shape index (κ2) is 10.3. The predicted octanol–water partition coefficient (Wildman–Crippen LogP) is 3.55. The van der Waals surface area contributed by atoms with Crippen LogP contribution in [0.15, 0.2) is 53.2 Å². The van der Waals surface area contributed by atoms with E-state index in [0.29, 0.717) is 23.0 Å². The Morgan fingerprint density at radius 3 is 2.37 bits per heavy atom. The molecule has 0 radical (unpaired) electrons. The van der Waals surface area contributed by atoms with Gasteiger partial charge in [0.1, 0.15) is 11.5 Å². The molecule has 4 rings (SSSR count). The number of likely N-dealkylation sites (N-methyl/N-ethyl adjacent to an activating group) is 1. The van der Waals surface area contributed by atoms with E-state index in [1.807, 2.05) is 45.0 Å². The van der Waals surface area contributed by atoms with Crippen molar-refractivity contribution >= 4 is 29.0 Å². The van der Waals surface area contributed by atoms with Crippen LogP contribution in [0.5, 0.6) is 0 Å². The number of nitrogens with zero attached hydrogens (tertiary/aromatic N) is 4. The first-order valence-corrected chi connectivity index (χ1v) is 11.7. The summed E-state index contributed by atoms with van der Waals surface area (Å²) in [5, 5.41) is 9.55. The maximum Gasteiger partial charge on any atom is 0.274 e. The van der Waals surface area contributed by atoms with Gasteiger partial charge < -0.3 is 25.0 Å². The molecule has 9 heteroatoms. The Labute approximate surface area is 205 Å². The molecule has 2 amide bonds. The van der Waals surface area contributed by atoms with E-state index in [4.69, 9.17) is 4.52 Å². The van der Waals surface area contributed by atoms with Gasteiger partial charge in [-0.15, -0.1) is 0 Å². The van der Waals surface area contributed by atoms with Crippen LogP contribution in [0.4, 0.5) is 17.2 Å². The van der Waals surface area contributed by atoms with Gasteiger partial charge in [-0.05, 0) is 36.9 Å². The molecule has 184 valence electrons. The lowest BCUT2D eigenvalue weighted by molar-refractivity contribution is -0.115. The average Bonchev–Trinajstić information content (AvgIpc) is 3.30. The van der Waals surface area contributed by atoms with E-state index in [2.05, 4.69) is 37.6 Å². The smallest absolute Gasteiger partial charge is 0.274 e. The highest BCUT2D eigenvalue weighted by atomic mass is 16.5. The molecule has 1 aliphatic rings. The van der Waals surface area contributed by atoms with Crippen LogP contribution in [-0.2, 0) is 16.6 Å². The summed E-state index contributed by atoms with van der Waals surface area (Å²) in [6.07, 6.45) is 1.85. The quantitative estimate of drug-likeness (QED) is 0.561. The van der Waals surface area contributed by atoms with E-state index >= 15 is 0 Å². The molecule has 1 saturated heterocycles. The molecule has 3 aromatic rings. The first-order chi connectivity index (χ1) is 16.7. The zero-order chi connectivity index (χ0) is 25.0. The van der Waals surface area contributed by atoms with Crippen molar-refractivity contribution in [3.05, 3.63) is 65.7 Å². The molecule has 0 aliphatic carbocycles. The van der Waals surface area contributed by atoms with Crippen molar-refractivity contribution in [2.75, 3.05) is 48.8 Å². The summed E-state index contributed by atoms with van der Waals surface area (Å²) < 4.78 is 5.30. The van der Waals surface area contributed by atoms with Crippen LogP contribution < -0.4 is 15.5 Å². The fraction of sp³-hybridized carbons (Fsp3) is 0.385. The van der Waals surface area contributed by atoms with Crippen molar-refractivity contribution in [1.82, 2.24) is 15.0 Å². The largest absolute Gasteiger partial charge is 0.369 e. The number of hydrogen-bond acceptors (Lipinski definition) is 7. The van der Waals surface area contributed by atoms with E-state index in [1.54, 1.807) is 24.4 Å². The van der Waals surface area contributed by atoms with Gasteiger partial charge >= 0.3 is 0 Å². The lowest BCUT2D eigenvalue weighted by atomic mass is 9.93. The summed E-state index contributed by atoms with van der Waals surface area (Å²) in [5.74, 6) is 0.638. The Bertz CT molecular complexity index is 1170. The molecule has 0 bridgehead atoms. The second-order valence-corrected chi connectivity index (χ2v) is 9.89. The number of amides is 2. The number of nitrogens with one attached hydrogen (secondary N) is 2. The molecule has 9 nitrogen and oxygen atoms in total. The Morgan fingerprint density at radius 2 is 1.71 bits per heavy atom. The van der Waals surface area contributed by atoms with Crippen LogP contribution in [0.2, 0.25) is 0 Å². The van der Waals surface area contributed by atoms with E-state index in [-0.39, 0.29) is 23.7 Å². The Balaban J connectivity index is 1.32. The lowest BCUT2D eigenvalue weighted by Crippen LogP contribution is -2.44. The average molecular weight is 477 g/mol. The SMILES string of the molecule is CN1CCN(c2ccnc(C(=O)Nc3ccc(CC(=O)Nc4cc(C(C)(C)C)on4)cc3)c2)CC1. The van der Waals surface area contributed by atoms with Crippen LogP contribution in [0.1, 0.15) is 42.6 Å². The Morgan fingerprint density at radius 1 is 1.00 bits per heavy atom. The number of benzene rings is 1. The highest BCUT2D eigenvalue weighted by Crippen LogP contribution is 2.24. The Hall–Kier alpha value is -3.72. The summed E-state index contributed by atoms with van der Waals surface area (Å²) in [4.78, 5) is 33.9. The van der Waals surface area contributed by atoms with Gasteiger partial charge in [0.25, 0.3) is 5.91 Å². The molecular formula is C26H32N6O3. The third-order valence-corrected chi connectivity index (χ3v) is 5.94. The van der Waals surface area contributed by atoms with Crippen molar-refractivity contribution in [2.24, 2.45) is 0 Å². The molecule has 0 unspecified atom stereocenters. The zero-order valence-corrected chi connectivity index (χ0v) is 20.7. The van der Waals surface area contributed by atoms with Gasteiger partial charge in [-0.2, -0.15) is 0 Å². The molecule has 1 fully saturated rings. The van der Waals surface area contributed by atoms with Crippen molar-refractivity contribution in [3.8, 4) is 0 Å². The van der Waals surface area contributed by atoms with Crippen LogP contribution in [0.3, 0.4) is 0 Å². The number of anilines is 3. The molecular weight excluding hydrogens is 444 g/mol. The molecule has 0 atom stereocenters. The van der Waals surface area contributed by atoms with Crippen molar-refractivity contribution in [2.45, 2.75) is 32.6 Å². The van der Waals surface area contributed by atoms with Crippen molar-refractivity contribution in [3.63, 3.8) is 0 Å². The fourth-order valence-corrected chi connectivity index (χ4v) is 3.77. The van der Waals surface area contributed by atoms with Gasteiger partial charge in [0, 0.05) is 55.2 Å². The van der Waals surface area contributed by atoms with E-state index in [0.717, 1.165) is 37.4 Å². The number of carbonyl (C=O) groups is 2. The van der Waals surface area contributed by atoms with Gasteiger partial charge in [0.2, 0.25) is 5.91 Å². The van der Waals surface area contributed by atoms with Gasteiger partial charge in [-0.25, -0.2) is 0 Å². The third kappa shape index (κ3) is 6.45. The van der Waals surface area contributed by atoms with E-state index in [1.165, 1.54) is 0 Å². The molecule has 35 heavy (non-hydrogen) atoms. The number of aromatic nitrogens is 2. The Kier molecular flexibility index (Phi) is 7.16. The monoisotopic (exact) mass is 476 g/mol. The number of piperazine rings is 1. The number of hydrogen-bond donors (Lipinski definition) is 2. The first kappa shape index (κ1) is 24.4. The molecule has 0 spiro atoms. The fourth-order valence-electron chi connectivity index (χ4n) is 3.77. The molecule has 1 aliphatic heterocycles. The summed E-state index contributed by atoms with van der Waals surface area (Å²) in [6, 6.07) is 12.7.